The van der Waals surface area contributed by atoms with Gasteiger partial charge in [0.05, 0.1) is 0 Å². The molecule has 0 aliphatic carbocycles. The predicted octanol–water partition coefficient (Wildman–Crippen LogP) is 2.02. The van der Waals surface area contributed by atoms with Crippen molar-refractivity contribution in [1.82, 2.24) is 15.1 Å². The summed E-state index contributed by atoms with van der Waals surface area (Å²) in [5.41, 5.74) is 0.822. The number of carbonyl (C=O) groups excluding carboxylic acids is 2. The molecular weight excluding hydrogens is 377 g/mol. The Morgan fingerprint density at radius 2 is 1.62 bits per heavy atom. The molecule has 1 fully saturated rings. The maximum atomic E-state index is 12.9. The minimum atomic E-state index is -0.677. The van der Waals surface area contributed by atoms with Crippen molar-refractivity contribution in [3.8, 4) is 11.5 Å². The maximum Gasteiger partial charge on any atom is 0.317 e. The lowest BCUT2D eigenvalue weighted by molar-refractivity contribution is -0.142. The second-order valence-corrected chi connectivity index (χ2v) is 6.96. The highest BCUT2D eigenvalue weighted by atomic mass is 19.1. The van der Waals surface area contributed by atoms with E-state index >= 15 is 0 Å². The van der Waals surface area contributed by atoms with E-state index in [2.05, 4.69) is 5.32 Å². The summed E-state index contributed by atoms with van der Waals surface area (Å²) in [4.78, 5) is 28.5. The number of nitrogens with zero attached hydrogens (tertiary/aromatic N) is 2. The first kappa shape index (κ1) is 19.0. The molecule has 2 heterocycles. The molecule has 3 amide bonds. The van der Waals surface area contributed by atoms with Crippen LogP contribution in [0, 0.1) is 5.82 Å². The molecule has 1 unspecified atom stereocenters. The molecule has 1 N–H and O–H groups in total. The second kappa shape index (κ2) is 8.38. The fraction of sp³-hybridized carbons (Fsp3) is 0.333. The van der Waals surface area contributed by atoms with Crippen LogP contribution in [0.1, 0.15) is 5.56 Å². The van der Waals surface area contributed by atoms with E-state index < -0.39 is 6.10 Å². The number of nitrogens with one attached hydrogen (secondary N) is 1. The summed E-state index contributed by atoms with van der Waals surface area (Å²) in [6.07, 6.45) is -0.677. The molecule has 1 saturated heterocycles. The molecule has 0 aromatic heterocycles. The van der Waals surface area contributed by atoms with Gasteiger partial charge >= 0.3 is 6.03 Å². The largest absolute Gasteiger partial charge is 0.485 e. The lowest BCUT2D eigenvalue weighted by Crippen LogP contribution is -2.56. The molecular formula is C21H22FN3O4. The molecule has 2 aliphatic heterocycles. The number of para-hydroxylation sites is 2. The van der Waals surface area contributed by atoms with Crippen LogP contribution in [-0.2, 0) is 11.3 Å². The first-order valence-corrected chi connectivity index (χ1v) is 9.54. The highest BCUT2D eigenvalue weighted by Crippen LogP contribution is 2.31. The highest BCUT2D eigenvalue weighted by Gasteiger charge is 2.33. The summed E-state index contributed by atoms with van der Waals surface area (Å²) in [5.74, 6) is 0.762. The first-order chi connectivity index (χ1) is 14.1. The van der Waals surface area contributed by atoms with Crippen LogP contribution in [-0.4, -0.2) is 60.6 Å². The van der Waals surface area contributed by atoms with Gasteiger partial charge in [-0.3, -0.25) is 4.79 Å². The molecule has 0 bridgehead atoms. The number of amides is 3. The summed E-state index contributed by atoms with van der Waals surface area (Å²) < 4.78 is 24.3. The fourth-order valence-corrected chi connectivity index (χ4v) is 3.37. The normalized spacial score (nSPS) is 18.3. The van der Waals surface area contributed by atoms with Gasteiger partial charge in [-0.25, -0.2) is 9.18 Å². The SMILES string of the molecule is O=C(NCc1ccc(F)cc1)N1CCN(C(=O)C2COc3ccccc3O2)CC1. The van der Waals surface area contributed by atoms with Crippen LogP contribution < -0.4 is 14.8 Å². The van der Waals surface area contributed by atoms with Gasteiger partial charge in [0, 0.05) is 32.7 Å². The van der Waals surface area contributed by atoms with Crippen LogP contribution in [0.2, 0.25) is 0 Å². The topological polar surface area (TPSA) is 71.1 Å². The van der Waals surface area contributed by atoms with Gasteiger partial charge in [0.15, 0.2) is 11.5 Å². The van der Waals surface area contributed by atoms with E-state index in [1.165, 1.54) is 12.1 Å². The number of benzene rings is 2. The van der Waals surface area contributed by atoms with E-state index in [0.29, 0.717) is 44.2 Å². The van der Waals surface area contributed by atoms with Crippen molar-refractivity contribution in [2.24, 2.45) is 0 Å². The van der Waals surface area contributed by atoms with Crippen molar-refractivity contribution in [3.05, 3.63) is 59.9 Å². The summed E-state index contributed by atoms with van der Waals surface area (Å²) in [7, 11) is 0. The monoisotopic (exact) mass is 399 g/mol. The van der Waals surface area contributed by atoms with Gasteiger partial charge < -0.3 is 24.6 Å². The summed E-state index contributed by atoms with van der Waals surface area (Å²) in [6, 6.07) is 13.1. The first-order valence-electron chi connectivity index (χ1n) is 9.54. The lowest BCUT2D eigenvalue weighted by Gasteiger charge is -2.37. The Hall–Kier alpha value is -3.29. The standard InChI is InChI=1S/C21H22FN3O4/c22-16-7-5-15(6-8-16)13-23-21(27)25-11-9-24(10-12-25)20(26)19-14-28-17-3-1-2-4-18(17)29-19/h1-8,19H,9-14H2,(H,23,27). The Kier molecular flexibility index (Phi) is 5.50. The molecule has 152 valence electrons. The number of piperazine rings is 1. The van der Waals surface area contributed by atoms with Crippen LogP contribution in [0.25, 0.3) is 0 Å². The van der Waals surface area contributed by atoms with E-state index in [1.807, 2.05) is 12.1 Å². The van der Waals surface area contributed by atoms with Gasteiger partial charge in [0.2, 0.25) is 6.10 Å². The average Bonchev–Trinajstić information content (AvgIpc) is 2.78. The van der Waals surface area contributed by atoms with E-state index in [4.69, 9.17) is 9.47 Å². The van der Waals surface area contributed by atoms with Crippen LogP contribution in [0.15, 0.2) is 48.5 Å². The minimum Gasteiger partial charge on any atom is -0.485 e. The Bertz CT molecular complexity index is 882. The molecule has 2 aromatic carbocycles. The number of urea groups is 1. The number of ether oxygens (including phenoxy) is 2. The molecule has 0 spiro atoms. The van der Waals surface area contributed by atoms with Crippen molar-refractivity contribution < 1.29 is 23.5 Å². The van der Waals surface area contributed by atoms with Gasteiger partial charge in [0.25, 0.3) is 5.91 Å². The van der Waals surface area contributed by atoms with Crippen molar-refractivity contribution in [2.45, 2.75) is 12.6 Å². The molecule has 2 aromatic rings. The molecule has 0 saturated carbocycles. The van der Waals surface area contributed by atoms with Gasteiger partial charge in [0.1, 0.15) is 12.4 Å². The Morgan fingerprint density at radius 3 is 2.34 bits per heavy atom. The fourth-order valence-electron chi connectivity index (χ4n) is 3.37. The number of hydrogen-bond donors (Lipinski definition) is 1. The molecule has 29 heavy (non-hydrogen) atoms. The van der Waals surface area contributed by atoms with Gasteiger partial charge in [-0.1, -0.05) is 24.3 Å². The quantitative estimate of drug-likeness (QED) is 0.857. The van der Waals surface area contributed by atoms with Crippen molar-refractivity contribution >= 4 is 11.9 Å². The Labute approximate surface area is 168 Å². The summed E-state index contributed by atoms with van der Waals surface area (Å²) in [5, 5.41) is 2.82. The van der Waals surface area contributed by atoms with Crippen LogP contribution in [0.5, 0.6) is 11.5 Å². The molecule has 2 aliphatic rings. The zero-order valence-electron chi connectivity index (χ0n) is 15.8. The molecule has 4 rings (SSSR count). The number of hydrogen-bond acceptors (Lipinski definition) is 4. The number of fused-ring (bicyclic) bond motifs is 1. The van der Waals surface area contributed by atoms with Crippen LogP contribution in [0.3, 0.4) is 0 Å². The van der Waals surface area contributed by atoms with Gasteiger partial charge in [-0.15, -0.1) is 0 Å². The van der Waals surface area contributed by atoms with Crippen molar-refractivity contribution in [1.29, 1.82) is 0 Å². The number of halogens is 1. The third-order valence-corrected chi connectivity index (χ3v) is 5.02. The molecule has 8 heteroatoms. The summed E-state index contributed by atoms with van der Waals surface area (Å²) in [6.45, 7) is 2.24. The van der Waals surface area contributed by atoms with Gasteiger partial charge in [-0.2, -0.15) is 0 Å². The van der Waals surface area contributed by atoms with E-state index in [-0.39, 0.29) is 24.4 Å². The minimum absolute atomic E-state index is 0.133. The third-order valence-electron chi connectivity index (χ3n) is 5.02. The molecule has 0 radical (unpaired) electrons. The summed E-state index contributed by atoms with van der Waals surface area (Å²) >= 11 is 0. The number of carbonyl (C=O) groups is 2. The lowest BCUT2D eigenvalue weighted by atomic mass is 10.2. The molecule has 1 atom stereocenters. The third kappa shape index (κ3) is 4.42. The van der Waals surface area contributed by atoms with E-state index in [9.17, 15) is 14.0 Å². The van der Waals surface area contributed by atoms with Crippen molar-refractivity contribution in [2.75, 3.05) is 32.8 Å². The predicted molar refractivity (Wildman–Crippen MR) is 103 cm³/mol. The zero-order chi connectivity index (χ0) is 20.2. The van der Waals surface area contributed by atoms with E-state index in [0.717, 1.165) is 5.56 Å². The highest BCUT2D eigenvalue weighted by molar-refractivity contribution is 5.82. The Balaban J connectivity index is 1.25. The second-order valence-electron chi connectivity index (χ2n) is 6.96. The Morgan fingerprint density at radius 1 is 0.966 bits per heavy atom. The molecule has 7 nitrogen and oxygen atoms in total. The van der Waals surface area contributed by atoms with Crippen LogP contribution >= 0.6 is 0 Å². The van der Waals surface area contributed by atoms with E-state index in [1.54, 1.807) is 34.1 Å². The van der Waals surface area contributed by atoms with Gasteiger partial charge in [-0.05, 0) is 29.8 Å². The zero-order valence-corrected chi connectivity index (χ0v) is 15.8. The average molecular weight is 399 g/mol. The maximum absolute atomic E-state index is 12.9. The van der Waals surface area contributed by atoms with Crippen LogP contribution in [0.4, 0.5) is 9.18 Å². The number of rotatable bonds is 3. The van der Waals surface area contributed by atoms with Crippen molar-refractivity contribution in [3.63, 3.8) is 0 Å². The smallest absolute Gasteiger partial charge is 0.317 e.